The van der Waals surface area contributed by atoms with Crippen LogP contribution < -0.4 is 0 Å². The zero-order chi connectivity index (χ0) is 21.4. The quantitative estimate of drug-likeness (QED) is 0.430. The predicted octanol–water partition coefficient (Wildman–Crippen LogP) is 5.48. The van der Waals surface area contributed by atoms with Crippen LogP contribution in [0.4, 0.5) is 0 Å². The van der Waals surface area contributed by atoms with Crippen molar-refractivity contribution in [2.75, 3.05) is 0 Å². The van der Waals surface area contributed by atoms with Gasteiger partial charge in [-0.1, -0.05) is 48.0 Å². The van der Waals surface area contributed by atoms with E-state index in [-0.39, 0.29) is 11.9 Å². The molecule has 1 atom stereocenters. The normalized spacial score (nSPS) is 15.9. The molecule has 154 valence electrons. The summed E-state index contributed by atoms with van der Waals surface area (Å²) in [6, 6.07) is 20.7. The minimum absolute atomic E-state index is 0.148. The third-order valence-corrected chi connectivity index (χ3v) is 5.62. The smallest absolute Gasteiger partial charge is 0.240 e. The van der Waals surface area contributed by atoms with E-state index in [1.54, 1.807) is 10.9 Å². The Morgan fingerprint density at radius 3 is 2.55 bits per heavy atom. The Morgan fingerprint density at radius 1 is 1.06 bits per heavy atom. The maximum absolute atomic E-state index is 12.5. The number of hydrazone groups is 1. The first kappa shape index (κ1) is 19.3. The van der Waals surface area contributed by atoms with Gasteiger partial charge in [0, 0.05) is 35.7 Å². The molecule has 0 saturated heterocycles. The molecule has 2 aromatic carbocycles. The monoisotopic (exact) mass is 430 g/mol. The van der Waals surface area contributed by atoms with Gasteiger partial charge in [-0.15, -0.1) is 0 Å². The fourth-order valence-corrected chi connectivity index (χ4v) is 4.09. The van der Waals surface area contributed by atoms with Crippen LogP contribution in [0.1, 0.15) is 30.5 Å². The van der Waals surface area contributed by atoms with Crippen molar-refractivity contribution in [2.45, 2.75) is 19.4 Å². The zero-order valence-electron chi connectivity index (χ0n) is 16.8. The highest BCUT2D eigenvalue weighted by Gasteiger charge is 2.35. The molecule has 7 heteroatoms. The first-order valence-electron chi connectivity index (χ1n) is 9.93. The van der Waals surface area contributed by atoms with Crippen LogP contribution >= 0.6 is 11.6 Å². The number of rotatable bonds is 4. The Balaban J connectivity index is 1.61. The van der Waals surface area contributed by atoms with E-state index in [9.17, 15) is 4.79 Å². The molecular formula is C24H19ClN4O2. The molecule has 0 bridgehead atoms. The summed E-state index contributed by atoms with van der Waals surface area (Å²) >= 11 is 6.41. The van der Waals surface area contributed by atoms with Gasteiger partial charge in [0.05, 0.1) is 23.7 Å². The van der Waals surface area contributed by atoms with E-state index in [1.165, 1.54) is 11.9 Å². The molecule has 0 N–H and O–H groups in total. The number of hydrogen-bond donors (Lipinski definition) is 0. The van der Waals surface area contributed by atoms with Crippen molar-refractivity contribution in [3.8, 4) is 17.1 Å². The van der Waals surface area contributed by atoms with Crippen LogP contribution in [-0.2, 0) is 4.79 Å². The van der Waals surface area contributed by atoms with Crippen LogP contribution in [0.2, 0.25) is 5.02 Å². The molecule has 0 radical (unpaired) electrons. The van der Waals surface area contributed by atoms with Crippen molar-refractivity contribution in [2.24, 2.45) is 5.10 Å². The van der Waals surface area contributed by atoms with Crippen molar-refractivity contribution in [1.82, 2.24) is 14.8 Å². The third-order valence-electron chi connectivity index (χ3n) is 5.29. The van der Waals surface area contributed by atoms with Gasteiger partial charge in [-0.25, -0.2) is 9.69 Å². The van der Waals surface area contributed by atoms with Gasteiger partial charge in [0.25, 0.3) is 0 Å². The highest BCUT2D eigenvalue weighted by Crippen LogP contribution is 2.39. The predicted molar refractivity (Wildman–Crippen MR) is 119 cm³/mol. The van der Waals surface area contributed by atoms with Gasteiger partial charge in [0.1, 0.15) is 5.69 Å². The lowest BCUT2D eigenvalue weighted by Crippen LogP contribution is -2.24. The molecule has 1 aliphatic heterocycles. The van der Waals surface area contributed by atoms with E-state index in [4.69, 9.17) is 21.1 Å². The number of nitrogens with zero attached hydrogens (tertiary/aromatic N) is 4. The largest absolute Gasteiger partial charge is 0.463 e. The Morgan fingerprint density at radius 2 is 1.84 bits per heavy atom. The molecule has 5 rings (SSSR count). The summed E-state index contributed by atoms with van der Waals surface area (Å²) in [6.45, 7) is 1.51. The molecule has 0 saturated carbocycles. The van der Waals surface area contributed by atoms with Gasteiger partial charge in [-0.3, -0.25) is 4.79 Å². The van der Waals surface area contributed by atoms with E-state index in [0.717, 1.165) is 22.5 Å². The van der Waals surface area contributed by atoms with Crippen molar-refractivity contribution >= 4 is 23.2 Å². The Labute approximate surface area is 184 Å². The van der Waals surface area contributed by atoms with E-state index in [0.29, 0.717) is 22.9 Å². The minimum atomic E-state index is -0.318. The summed E-state index contributed by atoms with van der Waals surface area (Å²) in [4.78, 5) is 12.5. The van der Waals surface area contributed by atoms with E-state index >= 15 is 0 Å². The van der Waals surface area contributed by atoms with E-state index < -0.39 is 0 Å². The number of para-hydroxylation sites is 1. The number of carbonyl (C=O) groups is 1. The first-order valence-corrected chi connectivity index (χ1v) is 10.3. The SMILES string of the molecule is CC(=O)N1N=C(c2ccccc2Cl)CC1c1cn(-c2ccccc2)nc1-c1ccco1. The number of benzene rings is 2. The Bertz CT molecular complexity index is 1260. The zero-order valence-corrected chi connectivity index (χ0v) is 17.5. The molecule has 0 aliphatic carbocycles. The van der Waals surface area contributed by atoms with Gasteiger partial charge in [0.15, 0.2) is 5.76 Å². The van der Waals surface area contributed by atoms with Crippen molar-refractivity contribution < 1.29 is 9.21 Å². The van der Waals surface area contributed by atoms with E-state index in [2.05, 4.69) is 5.10 Å². The highest BCUT2D eigenvalue weighted by molar-refractivity contribution is 6.34. The van der Waals surface area contributed by atoms with Crippen LogP contribution in [0.15, 0.2) is 88.7 Å². The topological polar surface area (TPSA) is 63.6 Å². The maximum Gasteiger partial charge on any atom is 0.240 e. The Kier molecular flexibility index (Phi) is 4.92. The lowest BCUT2D eigenvalue weighted by molar-refractivity contribution is -0.130. The summed E-state index contributed by atoms with van der Waals surface area (Å²) < 4.78 is 7.46. The molecule has 31 heavy (non-hydrogen) atoms. The molecule has 1 unspecified atom stereocenters. The van der Waals surface area contributed by atoms with Crippen LogP contribution in [-0.4, -0.2) is 26.4 Å². The lowest BCUT2D eigenvalue weighted by Gasteiger charge is -2.19. The molecule has 0 spiro atoms. The second-order valence-corrected chi connectivity index (χ2v) is 7.71. The van der Waals surface area contributed by atoms with Crippen molar-refractivity contribution in [3.05, 3.63) is 95.3 Å². The molecule has 3 heterocycles. The number of halogens is 1. The van der Waals surface area contributed by atoms with Crippen LogP contribution in [0.5, 0.6) is 0 Å². The number of amides is 1. The van der Waals surface area contributed by atoms with Gasteiger partial charge < -0.3 is 4.42 Å². The Hall–Kier alpha value is -3.64. The standard InChI is InChI=1S/C24H19ClN4O2/c1-16(30)29-22(14-21(26-29)18-10-5-6-11-20(18)25)19-15-28(17-8-3-2-4-9-17)27-24(19)23-12-7-13-31-23/h2-13,15,22H,14H2,1H3. The average molecular weight is 431 g/mol. The van der Waals surface area contributed by atoms with Crippen molar-refractivity contribution in [1.29, 1.82) is 0 Å². The van der Waals surface area contributed by atoms with Gasteiger partial charge in [-0.05, 0) is 30.3 Å². The van der Waals surface area contributed by atoms with Crippen LogP contribution in [0.25, 0.3) is 17.1 Å². The van der Waals surface area contributed by atoms with Gasteiger partial charge in [-0.2, -0.15) is 10.2 Å². The third kappa shape index (κ3) is 3.55. The fourth-order valence-electron chi connectivity index (χ4n) is 3.85. The summed E-state index contributed by atoms with van der Waals surface area (Å²) in [7, 11) is 0. The minimum Gasteiger partial charge on any atom is -0.463 e. The molecule has 1 amide bonds. The second-order valence-electron chi connectivity index (χ2n) is 7.30. The molecule has 1 aliphatic rings. The summed E-state index contributed by atoms with van der Waals surface area (Å²) in [5, 5.41) is 11.5. The summed E-state index contributed by atoms with van der Waals surface area (Å²) in [5.74, 6) is 0.490. The molecule has 6 nitrogen and oxygen atoms in total. The maximum atomic E-state index is 12.5. The highest BCUT2D eigenvalue weighted by atomic mass is 35.5. The lowest BCUT2D eigenvalue weighted by atomic mass is 9.98. The molecule has 4 aromatic rings. The van der Waals surface area contributed by atoms with Crippen LogP contribution in [0, 0.1) is 0 Å². The number of hydrogen-bond acceptors (Lipinski definition) is 4. The van der Waals surface area contributed by atoms with Gasteiger partial charge >= 0.3 is 0 Å². The molecule has 0 fully saturated rings. The number of aromatic nitrogens is 2. The average Bonchev–Trinajstić information content (AvgIpc) is 3.53. The number of furan rings is 1. The number of carbonyl (C=O) groups excluding carboxylic acids is 1. The molecular weight excluding hydrogens is 412 g/mol. The van der Waals surface area contributed by atoms with Crippen molar-refractivity contribution in [3.63, 3.8) is 0 Å². The molecule has 2 aromatic heterocycles. The first-order chi connectivity index (χ1) is 15.1. The fraction of sp³-hybridized carbons (Fsp3) is 0.125. The second kappa shape index (κ2) is 7.89. The van der Waals surface area contributed by atoms with Crippen LogP contribution in [0.3, 0.4) is 0 Å². The summed E-state index contributed by atoms with van der Waals surface area (Å²) in [5.41, 5.74) is 4.05. The van der Waals surface area contributed by atoms with E-state index in [1.807, 2.05) is 72.9 Å². The summed E-state index contributed by atoms with van der Waals surface area (Å²) in [6.07, 6.45) is 4.08. The van der Waals surface area contributed by atoms with Gasteiger partial charge in [0.2, 0.25) is 5.91 Å².